The van der Waals surface area contributed by atoms with Gasteiger partial charge in [0.05, 0.1) is 0 Å². The first-order valence-corrected chi connectivity index (χ1v) is 6.32. The quantitative estimate of drug-likeness (QED) is 0.726. The highest BCUT2D eigenvalue weighted by Crippen LogP contribution is 2.30. The van der Waals surface area contributed by atoms with E-state index in [1.807, 2.05) is 0 Å². The summed E-state index contributed by atoms with van der Waals surface area (Å²) in [6.07, 6.45) is 12.3. The Morgan fingerprint density at radius 2 is 1.64 bits per heavy atom. The molecule has 0 aromatic rings. The van der Waals surface area contributed by atoms with E-state index in [2.05, 4.69) is 5.32 Å². The first kappa shape index (κ1) is 10.4. The molecular weight excluding hydrogens is 172 g/mol. The lowest BCUT2D eigenvalue weighted by atomic mass is 9.81. The fraction of sp³-hybridized carbons (Fsp3) is 1.00. The molecule has 2 nitrogen and oxygen atoms in total. The Balaban J connectivity index is 1.89. The first-order valence-electron chi connectivity index (χ1n) is 6.32. The molecule has 0 aromatic heterocycles. The summed E-state index contributed by atoms with van der Waals surface area (Å²) in [7, 11) is 0. The van der Waals surface area contributed by atoms with Crippen LogP contribution in [0.4, 0.5) is 0 Å². The van der Waals surface area contributed by atoms with E-state index in [4.69, 9.17) is 5.73 Å². The van der Waals surface area contributed by atoms with Gasteiger partial charge in [0.25, 0.3) is 0 Å². The summed E-state index contributed by atoms with van der Waals surface area (Å²) in [6.45, 7) is 0.837. The normalized spacial score (nSPS) is 28.1. The third-order valence-corrected chi connectivity index (χ3v) is 4.07. The van der Waals surface area contributed by atoms with Crippen molar-refractivity contribution in [2.75, 3.05) is 6.54 Å². The number of hydrogen-bond donors (Lipinski definition) is 2. The fourth-order valence-corrected chi connectivity index (χ4v) is 3.14. The second-order valence-electron chi connectivity index (χ2n) is 5.17. The molecule has 2 fully saturated rings. The van der Waals surface area contributed by atoms with Gasteiger partial charge in [-0.1, -0.05) is 32.1 Å². The van der Waals surface area contributed by atoms with E-state index in [-0.39, 0.29) is 0 Å². The molecule has 0 amide bonds. The molecule has 0 radical (unpaired) electrons. The molecule has 0 aliphatic heterocycles. The fourth-order valence-electron chi connectivity index (χ4n) is 3.14. The topological polar surface area (TPSA) is 38.0 Å². The highest BCUT2D eigenvalue weighted by molar-refractivity contribution is 4.94. The largest absolute Gasteiger partial charge is 0.329 e. The molecule has 2 rings (SSSR count). The van der Waals surface area contributed by atoms with Gasteiger partial charge in [-0.15, -0.1) is 0 Å². The van der Waals surface area contributed by atoms with Gasteiger partial charge in [-0.3, -0.25) is 0 Å². The molecule has 0 heterocycles. The maximum atomic E-state index is 5.95. The lowest BCUT2D eigenvalue weighted by molar-refractivity contribution is 0.214. The molecule has 0 unspecified atom stereocenters. The molecule has 2 saturated carbocycles. The Morgan fingerprint density at radius 3 is 2.21 bits per heavy atom. The van der Waals surface area contributed by atoms with Gasteiger partial charge in [-0.2, -0.15) is 0 Å². The van der Waals surface area contributed by atoms with Crippen molar-refractivity contribution < 1.29 is 0 Å². The molecule has 82 valence electrons. The highest BCUT2D eigenvalue weighted by atomic mass is 15.0. The summed E-state index contributed by atoms with van der Waals surface area (Å²) in [5, 5.41) is 3.86. The van der Waals surface area contributed by atoms with Crippen molar-refractivity contribution in [1.82, 2.24) is 5.32 Å². The summed E-state index contributed by atoms with van der Waals surface area (Å²) < 4.78 is 0. The van der Waals surface area contributed by atoms with Crippen LogP contribution in [0.15, 0.2) is 0 Å². The third-order valence-electron chi connectivity index (χ3n) is 4.07. The lowest BCUT2D eigenvalue weighted by Gasteiger charge is -2.39. The SMILES string of the molecule is NCC1(NC2CCCC2)CCCCC1. The molecule has 0 aromatic carbocycles. The van der Waals surface area contributed by atoms with Gasteiger partial charge in [0.1, 0.15) is 0 Å². The molecule has 0 spiro atoms. The summed E-state index contributed by atoms with van der Waals surface area (Å²) in [5.41, 5.74) is 6.27. The van der Waals surface area contributed by atoms with Crippen molar-refractivity contribution in [1.29, 1.82) is 0 Å². The van der Waals surface area contributed by atoms with E-state index >= 15 is 0 Å². The molecular formula is C12H24N2. The first-order chi connectivity index (χ1) is 6.85. The van der Waals surface area contributed by atoms with Crippen LogP contribution in [0.3, 0.4) is 0 Å². The van der Waals surface area contributed by atoms with Gasteiger partial charge < -0.3 is 11.1 Å². The van der Waals surface area contributed by atoms with Gasteiger partial charge in [0.15, 0.2) is 0 Å². The summed E-state index contributed by atoms with van der Waals surface area (Å²) in [4.78, 5) is 0. The van der Waals surface area contributed by atoms with Crippen LogP contribution in [-0.2, 0) is 0 Å². The van der Waals surface area contributed by atoms with E-state index < -0.39 is 0 Å². The zero-order valence-corrected chi connectivity index (χ0v) is 9.23. The van der Waals surface area contributed by atoms with Crippen LogP contribution in [0, 0.1) is 0 Å². The summed E-state index contributed by atoms with van der Waals surface area (Å²) >= 11 is 0. The minimum absolute atomic E-state index is 0.313. The smallest absolute Gasteiger partial charge is 0.0306 e. The number of nitrogens with one attached hydrogen (secondary N) is 1. The molecule has 0 saturated heterocycles. The molecule has 0 atom stereocenters. The Bertz CT molecular complexity index is 167. The van der Waals surface area contributed by atoms with E-state index in [0.717, 1.165) is 12.6 Å². The Kier molecular flexibility index (Phi) is 3.45. The Hall–Kier alpha value is -0.0800. The maximum absolute atomic E-state index is 5.95. The van der Waals surface area contributed by atoms with Crippen molar-refractivity contribution in [2.24, 2.45) is 5.73 Å². The highest BCUT2D eigenvalue weighted by Gasteiger charge is 2.33. The van der Waals surface area contributed by atoms with Gasteiger partial charge in [0, 0.05) is 18.1 Å². The maximum Gasteiger partial charge on any atom is 0.0306 e. The van der Waals surface area contributed by atoms with Crippen LogP contribution in [0.5, 0.6) is 0 Å². The molecule has 0 bridgehead atoms. The standard InChI is InChI=1S/C12H24N2/c13-10-12(8-4-1-5-9-12)14-11-6-2-3-7-11/h11,14H,1-10,13H2. The van der Waals surface area contributed by atoms with E-state index in [1.165, 1.54) is 57.8 Å². The van der Waals surface area contributed by atoms with Gasteiger partial charge in [0.2, 0.25) is 0 Å². The minimum atomic E-state index is 0.313. The van der Waals surface area contributed by atoms with Crippen LogP contribution in [0.2, 0.25) is 0 Å². The third kappa shape index (κ3) is 2.29. The van der Waals surface area contributed by atoms with Crippen molar-refractivity contribution in [3.8, 4) is 0 Å². The zero-order chi connectivity index (χ0) is 9.86. The van der Waals surface area contributed by atoms with Crippen LogP contribution >= 0.6 is 0 Å². The van der Waals surface area contributed by atoms with Crippen LogP contribution in [0.1, 0.15) is 57.8 Å². The Morgan fingerprint density at radius 1 is 1.00 bits per heavy atom. The number of rotatable bonds is 3. The van der Waals surface area contributed by atoms with Gasteiger partial charge in [-0.05, 0) is 25.7 Å². The molecule has 2 aliphatic carbocycles. The Labute approximate surface area is 87.6 Å². The van der Waals surface area contributed by atoms with Gasteiger partial charge >= 0.3 is 0 Å². The monoisotopic (exact) mass is 196 g/mol. The molecule has 14 heavy (non-hydrogen) atoms. The molecule has 2 heteroatoms. The van der Waals surface area contributed by atoms with Crippen molar-refractivity contribution in [3.63, 3.8) is 0 Å². The predicted molar refractivity (Wildman–Crippen MR) is 60.3 cm³/mol. The van der Waals surface area contributed by atoms with Crippen molar-refractivity contribution in [3.05, 3.63) is 0 Å². The van der Waals surface area contributed by atoms with E-state index in [9.17, 15) is 0 Å². The van der Waals surface area contributed by atoms with Gasteiger partial charge in [-0.25, -0.2) is 0 Å². The van der Waals surface area contributed by atoms with Crippen molar-refractivity contribution in [2.45, 2.75) is 69.4 Å². The summed E-state index contributed by atoms with van der Waals surface area (Å²) in [6, 6.07) is 0.775. The molecule has 3 N–H and O–H groups in total. The van der Waals surface area contributed by atoms with Crippen LogP contribution in [-0.4, -0.2) is 18.1 Å². The van der Waals surface area contributed by atoms with Crippen molar-refractivity contribution >= 4 is 0 Å². The van der Waals surface area contributed by atoms with E-state index in [0.29, 0.717) is 5.54 Å². The average Bonchev–Trinajstić information content (AvgIpc) is 2.72. The second kappa shape index (κ2) is 4.63. The molecule has 2 aliphatic rings. The van der Waals surface area contributed by atoms with Crippen LogP contribution in [0.25, 0.3) is 0 Å². The predicted octanol–water partition coefficient (Wildman–Crippen LogP) is 2.18. The average molecular weight is 196 g/mol. The second-order valence-corrected chi connectivity index (χ2v) is 5.17. The van der Waals surface area contributed by atoms with Crippen LogP contribution < -0.4 is 11.1 Å². The number of hydrogen-bond acceptors (Lipinski definition) is 2. The zero-order valence-electron chi connectivity index (χ0n) is 9.23. The number of nitrogens with two attached hydrogens (primary N) is 1. The lowest BCUT2D eigenvalue weighted by Crippen LogP contribution is -2.55. The minimum Gasteiger partial charge on any atom is -0.329 e. The summed E-state index contributed by atoms with van der Waals surface area (Å²) in [5.74, 6) is 0. The van der Waals surface area contributed by atoms with E-state index in [1.54, 1.807) is 0 Å².